The maximum atomic E-state index is 18.0. The number of carbonyl (C=O) groups is 1. The molecule has 1 aliphatic heterocycles. The van der Waals surface area contributed by atoms with Crippen LogP contribution in [0.2, 0.25) is 0 Å². The lowest BCUT2D eigenvalue weighted by molar-refractivity contribution is -0.805. The summed E-state index contributed by atoms with van der Waals surface area (Å²) in [6.45, 7) is 6.14. The van der Waals surface area contributed by atoms with Crippen molar-refractivity contribution in [1.82, 2.24) is 5.06 Å². The average molecular weight is 614 g/mol. The van der Waals surface area contributed by atoms with Crippen LogP contribution < -0.4 is 0 Å². The number of halogens is 1. The fraction of sp³-hybridized carbons (Fsp3) is 0.808. The van der Waals surface area contributed by atoms with Crippen molar-refractivity contribution >= 4 is 5.78 Å². The molecule has 4 fully saturated rings. The highest BCUT2D eigenvalue weighted by molar-refractivity contribution is 6.01. The first kappa shape index (κ1) is 31.0. The van der Waals surface area contributed by atoms with Gasteiger partial charge in [0.25, 0.3) is 15.3 Å². The number of rotatable bonds is 8. The summed E-state index contributed by atoms with van der Waals surface area (Å²) in [7, 11) is 0. The Bertz CT molecular complexity index is 1330. The van der Waals surface area contributed by atoms with Crippen molar-refractivity contribution in [2.75, 3.05) is 13.2 Å². The zero-order chi connectivity index (χ0) is 32.0. The quantitative estimate of drug-likeness (QED) is 0.286. The molecule has 0 aromatic heterocycles. The fourth-order valence-electron chi connectivity index (χ4n) is 9.44. The highest BCUT2D eigenvalue weighted by Crippen LogP contribution is 2.74. The number of ketones is 1. The molecule has 5 rings (SSSR count). The van der Waals surface area contributed by atoms with Crippen molar-refractivity contribution < 1.29 is 48.9 Å². The number of hydroxylamine groups is 2. The smallest absolute Gasteiger partial charge is 0.295 e. The lowest BCUT2D eigenvalue weighted by Crippen LogP contribution is -2.77. The second-order valence-electron chi connectivity index (χ2n) is 13.4. The third-order valence-electron chi connectivity index (χ3n) is 11.1. The molecule has 5 aliphatic rings. The van der Waals surface area contributed by atoms with Crippen molar-refractivity contribution in [3.05, 3.63) is 54.1 Å². The number of nitrogens with zero attached hydrogens (tertiary/aromatic N) is 4. The normalized spacial score (nSPS) is 44.9. The van der Waals surface area contributed by atoms with Gasteiger partial charge in [-0.25, -0.2) is 4.39 Å². The second-order valence-corrected chi connectivity index (χ2v) is 13.4. The van der Waals surface area contributed by atoms with Crippen LogP contribution in [-0.4, -0.2) is 68.0 Å². The van der Waals surface area contributed by atoms with Crippen molar-refractivity contribution in [1.29, 1.82) is 0 Å². The summed E-state index contributed by atoms with van der Waals surface area (Å²) in [5.41, 5.74) is -11.4. The molecule has 16 nitrogen and oxygen atoms in total. The molecule has 0 aromatic rings. The summed E-state index contributed by atoms with van der Waals surface area (Å²) < 4.78 is 24.1. The van der Waals surface area contributed by atoms with Gasteiger partial charge in [-0.3, -0.25) is 4.79 Å². The Morgan fingerprint density at radius 1 is 1.09 bits per heavy atom. The minimum Gasteiger partial charge on any atom is -0.351 e. The van der Waals surface area contributed by atoms with Gasteiger partial charge in [0.1, 0.15) is 12.7 Å². The van der Waals surface area contributed by atoms with E-state index in [-0.39, 0.29) is 31.7 Å². The zero-order valence-corrected chi connectivity index (χ0v) is 24.3. The van der Waals surface area contributed by atoms with Crippen LogP contribution >= 0.6 is 0 Å². The van der Waals surface area contributed by atoms with E-state index in [1.54, 1.807) is 13.8 Å². The average Bonchev–Trinajstić information content (AvgIpc) is 3.26. The van der Waals surface area contributed by atoms with Crippen molar-refractivity contribution in [2.24, 2.45) is 28.6 Å². The first-order valence-electron chi connectivity index (χ1n) is 14.0. The molecule has 0 spiro atoms. The highest BCUT2D eigenvalue weighted by atomic mass is 19.1. The minimum absolute atomic E-state index is 0.0431. The Balaban J connectivity index is 1.76. The lowest BCUT2D eigenvalue weighted by atomic mass is 9.44. The van der Waals surface area contributed by atoms with E-state index in [0.29, 0.717) is 10.6 Å². The van der Waals surface area contributed by atoms with E-state index in [4.69, 9.17) is 19.2 Å². The van der Waals surface area contributed by atoms with Crippen LogP contribution in [0.3, 0.4) is 0 Å². The molecule has 3 unspecified atom stereocenters. The number of hydrogen-bond acceptors (Lipinski definition) is 12. The molecule has 0 bridgehead atoms. The molecule has 1 heterocycles. The predicted octanol–water partition coefficient (Wildman–Crippen LogP) is 3.13. The standard InChI is InChI=1S/C26H34FN4O12/c1-15-10-19-18-7-6-16-11-17(32)8-9-22(16,4)25(18,27)20(42-30(36)37)12-23(19,5)26(15,43-31(38)39)24(14-41-29(34)35)28(33)21(2,3)13-40-24/h8-9,11,15,18-20H,6-7,10,12-14H2,1-5H3/t15-,18?,19?,20-,22-,23-,24?,25-,26+/m0/s1. The molecular formula is C26H34FN4O12. The predicted molar refractivity (Wildman–Crippen MR) is 138 cm³/mol. The van der Waals surface area contributed by atoms with Gasteiger partial charge >= 0.3 is 0 Å². The van der Waals surface area contributed by atoms with Crippen molar-refractivity contribution in [2.45, 2.75) is 88.9 Å². The largest absolute Gasteiger partial charge is 0.351 e. The molecule has 0 N–H and O–H groups in total. The van der Waals surface area contributed by atoms with E-state index in [1.807, 2.05) is 0 Å². The third-order valence-corrected chi connectivity index (χ3v) is 11.1. The third kappa shape index (κ3) is 3.86. The molecule has 237 valence electrons. The summed E-state index contributed by atoms with van der Waals surface area (Å²) >= 11 is 0. The van der Waals surface area contributed by atoms with Crippen LogP contribution in [0.4, 0.5) is 4.39 Å². The van der Waals surface area contributed by atoms with E-state index < -0.39 is 85.5 Å². The van der Waals surface area contributed by atoms with Gasteiger partial charge in [-0.15, -0.1) is 40.6 Å². The van der Waals surface area contributed by atoms with E-state index in [1.165, 1.54) is 39.0 Å². The van der Waals surface area contributed by atoms with Gasteiger partial charge in [0.2, 0.25) is 5.72 Å². The van der Waals surface area contributed by atoms with E-state index in [2.05, 4.69) is 0 Å². The Morgan fingerprint density at radius 3 is 2.33 bits per heavy atom. The molecule has 4 aliphatic carbocycles. The summed E-state index contributed by atoms with van der Waals surface area (Å²) in [4.78, 5) is 63.0. The SMILES string of the molecule is C[C@H]1CC2C3CCC4=CC(=O)C=C[C@]4(C)[C@@]3(F)[C@@H](O[N+](=O)[O-])C[C@]2(C)[C@@]1(O[N+](=O)[O-])C1(CO[N+](=O)[O-])OCC(C)(C)N1[O]. The number of ether oxygens (including phenoxy) is 1. The van der Waals surface area contributed by atoms with Gasteiger partial charge < -0.3 is 19.2 Å². The van der Waals surface area contributed by atoms with Gasteiger partial charge in [0.05, 0.1) is 12.1 Å². The Labute approximate surface area is 245 Å². The second kappa shape index (κ2) is 9.53. The van der Waals surface area contributed by atoms with Crippen molar-refractivity contribution in [3.8, 4) is 0 Å². The number of carbonyl (C=O) groups excluding carboxylic acids is 1. The maximum absolute atomic E-state index is 18.0. The minimum atomic E-state index is -2.49. The summed E-state index contributed by atoms with van der Waals surface area (Å²) in [6, 6.07) is 0. The van der Waals surface area contributed by atoms with E-state index >= 15 is 4.39 Å². The van der Waals surface area contributed by atoms with Crippen LogP contribution in [-0.2, 0) is 29.3 Å². The Hall–Kier alpha value is -3.44. The Morgan fingerprint density at radius 2 is 1.77 bits per heavy atom. The molecule has 1 radical (unpaired) electrons. The van der Waals surface area contributed by atoms with Gasteiger partial charge in [-0.1, -0.05) is 25.5 Å². The van der Waals surface area contributed by atoms with Crippen LogP contribution in [0.25, 0.3) is 0 Å². The summed E-state index contributed by atoms with van der Waals surface area (Å²) in [5, 5.41) is 46.6. The molecule has 3 saturated carbocycles. The molecule has 43 heavy (non-hydrogen) atoms. The van der Waals surface area contributed by atoms with Gasteiger partial charge in [-0.05, 0) is 70.4 Å². The molecular weight excluding hydrogens is 579 g/mol. The van der Waals surface area contributed by atoms with E-state index in [0.717, 1.165) is 0 Å². The van der Waals surface area contributed by atoms with Gasteiger partial charge in [0.15, 0.2) is 17.1 Å². The Kier molecular flexibility index (Phi) is 6.87. The molecule has 9 atom stereocenters. The number of hydrogen-bond donors (Lipinski definition) is 0. The topological polar surface area (TPSA) is 207 Å². The fourth-order valence-corrected chi connectivity index (χ4v) is 9.44. The maximum Gasteiger partial charge on any atom is 0.295 e. The first-order valence-corrected chi connectivity index (χ1v) is 14.0. The van der Waals surface area contributed by atoms with Crippen LogP contribution in [0, 0.1) is 58.9 Å². The zero-order valence-electron chi connectivity index (χ0n) is 24.3. The molecule has 0 amide bonds. The molecule has 1 saturated heterocycles. The summed E-state index contributed by atoms with van der Waals surface area (Å²) in [6.07, 6.45) is 1.91. The van der Waals surface area contributed by atoms with Crippen LogP contribution in [0.5, 0.6) is 0 Å². The van der Waals surface area contributed by atoms with Gasteiger partial charge in [-0.2, -0.15) is 0 Å². The molecule has 0 aromatic carbocycles. The number of allylic oxidation sites excluding steroid dienone is 4. The van der Waals surface area contributed by atoms with Gasteiger partial charge in [0, 0.05) is 16.7 Å². The van der Waals surface area contributed by atoms with E-state index in [9.17, 15) is 40.3 Å². The summed E-state index contributed by atoms with van der Waals surface area (Å²) in [5.74, 6) is -3.16. The van der Waals surface area contributed by atoms with Crippen molar-refractivity contribution in [3.63, 3.8) is 0 Å². The monoisotopic (exact) mass is 613 g/mol. The highest BCUT2D eigenvalue weighted by Gasteiger charge is 2.83. The molecule has 17 heteroatoms. The number of alkyl halides is 1. The lowest BCUT2D eigenvalue weighted by Gasteiger charge is -2.64. The van der Waals surface area contributed by atoms with Crippen LogP contribution in [0.1, 0.15) is 60.3 Å². The number of fused-ring (bicyclic) bond motifs is 5. The van der Waals surface area contributed by atoms with Crippen LogP contribution in [0.15, 0.2) is 23.8 Å². The first-order chi connectivity index (χ1) is 19.8.